The van der Waals surface area contributed by atoms with Gasteiger partial charge in [-0.05, 0) is 36.2 Å². The van der Waals surface area contributed by atoms with Crippen LogP contribution in [0.5, 0.6) is 0 Å². The highest BCUT2D eigenvalue weighted by molar-refractivity contribution is 5.95. The second kappa shape index (κ2) is 5.27. The molecule has 2 N–H and O–H groups in total. The third kappa shape index (κ3) is 2.29. The second-order valence-corrected chi connectivity index (χ2v) is 6.18. The SMILES string of the molecule is Cc1cccc(-c2ccc3[nH]nc(-c4nc5ccncc5[nH]4)c3c2)c1. The third-order valence-electron chi connectivity index (χ3n) is 4.42. The van der Waals surface area contributed by atoms with Gasteiger partial charge in [-0.3, -0.25) is 10.1 Å². The summed E-state index contributed by atoms with van der Waals surface area (Å²) in [5, 5.41) is 8.62. The van der Waals surface area contributed by atoms with Crippen LogP contribution in [0.15, 0.2) is 60.9 Å². The van der Waals surface area contributed by atoms with Crippen LogP contribution in [0.4, 0.5) is 0 Å². The number of aryl methyl sites for hydroxylation is 1. The quantitative estimate of drug-likeness (QED) is 0.503. The minimum absolute atomic E-state index is 0.746. The van der Waals surface area contributed by atoms with E-state index < -0.39 is 0 Å². The van der Waals surface area contributed by atoms with Gasteiger partial charge in [0.25, 0.3) is 0 Å². The van der Waals surface area contributed by atoms with Crippen LogP contribution in [-0.4, -0.2) is 25.1 Å². The highest BCUT2D eigenvalue weighted by Crippen LogP contribution is 2.30. The summed E-state index contributed by atoms with van der Waals surface area (Å²) < 4.78 is 0. The summed E-state index contributed by atoms with van der Waals surface area (Å²) in [5.41, 5.74) is 7.21. The van der Waals surface area contributed by atoms with Crippen molar-refractivity contribution in [3.63, 3.8) is 0 Å². The van der Waals surface area contributed by atoms with Crippen LogP contribution in [0, 0.1) is 6.92 Å². The molecule has 0 saturated carbocycles. The number of pyridine rings is 1. The van der Waals surface area contributed by atoms with Crippen molar-refractivity contribution in [3.8, 4) is 22.6 Å². The van der Waals surface area contributed by atoms with Gasteiger partial charge in [-0.1, -0.05) is 35.9 Å². The smallest absolute Gasteiger partial charge is 0.159 e. The zero-order chi connectivity index (χ0) is 16.8. The van der Waals surface area contributed by atoms with Crippen LogP contribution in [0.25, 0.3) is 44.6 Å². The van der Waals surface area contributed by atoms with Gasteiger partial charge in [0.15, 0.2) is 5.82 Å². The minimum atomic E-state index is 0.746. The summed E-state index contributed by atoms with van der Waals surface area (Å²) in [4.78, 5) is 12.1. The standard InChI is InChI=1S/C20H15N5/c1-12-3-2-4-13(9-12)14-5-6-16-15(10-14)19(25-24-16)20-22-17-7-8-21-11-18(17)23-20/h2-11H,1H3,(H,22,23)(H,24,25). The molecule has 0 bridgehead atoms. The molecule has 120 valence electrons. The van der Waals surface area contributed by atoms with Crippen LogP contribution >= 0.6 is 0 Å². The fourth-order valence-corrected chi connectivity index (χ4v) is 3.17. The van der Waals surface area contributed by atoms with E-state index in [4.69, 9.17) is 0 Å². The Bertz CT molecular complexity index is 1180. The van der Waals surface area contributed by atoms with Crippen molar-refractivity contribution >= 4 is 21.9 Å². The Hall–Kier alpha value is -3.47. The zero-order valence-electron chi connectivity index (χ0n) is 13.6. The summed E-state index contributed by atoms with van der Waals surface area (Å²) in [6.45, 7) is 2.10. The van der Waals surface area contributed by atoms with Crippen molar-refractivity contribution in [1.29, 1.82) is 0 Å². The van der Waals surface area contributed by atoms with Crippen molar-refractivity contribution in [1.82, 2.24) is 25.1 Å². The largest absolute Gasteiger partial charge is 0.335 e. The van der Waals surface area contributed by atoms with Gasteiger partial charge in [-0.15, -0.1) is 0 Å². The van der Waals surface area contributed by atoms with Crippen molar-refractivity contribution in [2.75, 3.05) is 0 Å². The molecule has 0 aliphatic carbocycles. The predicted molar refractivity (Wildman–Crippen MR) is 99.1 cm³/mol. The number of hydrogen-bond donors (Lipinski definition) is 2. The Labute approximate surface area is 143 Å². The molecule has 3 heterocycles. The minimum Gasteiger partial charge on any atom is -0.335 e. The van der Waals surface area contributed by atoms with E-state index in [9.17, 15) is 0 Å². The van der Waals surface area contributed by atoms with Crippen LogP contribution in [-0.2, 0) is 0 Å². The normalized spacial score (nSPS) is 11.4. The zero-order valence-corrected chi connectivity index (χ0v) is 13.6. The molecule has 0 saturated heterocycles. The highest BCUT2D eigenvalue weighted by Gasteiger charge is 2.13. The number of hydrogen-bond acceptors (Lipinski definition) is 3. The number of H-pyrrole nitrogens is 2. The Kier molecular flexibility index (Phi) is 2.94. The van der Waals surface area contributed by atoms with Crippen molar-refractivity contribution in [3.05, 3.63) is 66.5 Å². The lowest BCUT2D eigenvalue weighted by Gasteiger charge is -2.03. The van der Waals surface area contributed by atoms with Crippen LogP contribution in [0.1, 0.15) is 5.56 Å². The van der Waals surface area contributed by atoms with Gasteiger partial charge in [0, 0.05) is 11.6 Å². The van der Waals surface area contributed by atoms with E-state index in [0.717, 1.165) is 39.0 Å². The number of fused-ring (bicyclic) bond motifs is 2. The Morgan fingerprint density at radius 3 is 2.72 bits per heavy atom. The van der Waals surface area contributed by atoms with Gasteiger partial charge < -0.3 is 4.98 Å². The second-order valence-electron chi connectivity index (χ2n) is 6.18. The highest BCUT2D eigenvalue weighted by atomic mass is 15.1. The topological polar surface area (TPSA) is 70.2 Å². The predicted octanol–water partition coefficient (Wildman–Crippen LogP) is 4.48. The Balaban J connectivity index is 1.70. The molecule has 0 atom stereocenters. The first-order valence-corrected chi connectivity index (χ1v) is 8.13. The molecule has 5 rings (SSSR count). The molecule has 3 aromatic heterocycles. The van der Waals surface area contributed by atoms with E-state index in [1.807, 2.05) is 6.07 Å². The molecule has 5 heteroatoms. The van der Waals surface area contributed by atoms with E-state index in [-0.39, 0.29) is 0 Å². The molecule has 0 aliphatic heterocycles. The molecule has 0 fully saturated rings. The van der Waals surface area contributed by atoms with Crippen LogP contribution in [0.2, 0.25) is 0 Å². The third-order valence-corrected chi connectivity index (χ3v) is 4.42. The molecule has 0 unspecified atom stereocenters. The van der Waals surface area contributed by atoms with Crippen molar-refractivity contribution in [2.24, 2.45) is 0 Å². The van der Waals surface area contributed by atoms with Gasteiger partial charge in [-0.2, -0.15) is 5.10 Å². The lowest BCUT2D eigenvalue weighted by atomic mass is 10.0. The van der Waals surface area contributed by atoms with E-state index in [1.165, 1.54) is 11.1 Å². The summed E-state index contributed by atoms with van der Waals surface area (Å²) in [5.74, 6) is 0.746. The summed E-state index contributed by atoms with van der Waals surface area (Å²) in [6, 6.07) is 16.7. The molecule has 0 spiro atoms. The number of nitrogens with one attached hydrogen (secondary N) is 2. The summed E-state index contributed by atoms with van der Waals surface area (Å²) in [6.07, 6.45) is 3.52. The van der Waals surface area contributed by atoms with Gasteiger partial charge in [0.2, 0.25) is 0 Å². The maximum Gasteiger partial charge on any atom is 0.159 e. The fourth-order valence-electron chi connectivity index (χ4n) is 3.17. The summed E-state index contributed by atoms with van der Waals surface area (Å²) >= 11 is 0. The van der Waals surface area contributed by atoms with Crippen molar-refractivity contribution in [2.45, 2.75) is 6.92 Å². The molecule has 0 aliphatic rings. The monoisotopic (exact) mass is 325 g/mol. The van der Waals surface area contributed by atoms with Gasteiger partial charge in [0.05, 0.1) is 22.7 Å². The van der Waals surface area contributed by atoms with Gasteiger partial charge in [-0.25, -0.2) is 4.98 Å². The number of nitrogens with zero attached hydrogens (tertiary/aromatic N) is 3. The average molecular weight is 325 g/mol. The van der Waals surface area contributed by atoms with E-state index in [1.54, 1.807) is 12.4 Å². The Morgan fingerprint density at radius 2 is 1.84 bits per heavy atom. The molecule has 25 heavy (non-hydrogen) atoms. The lowest BCUT2D eigenvalue weighted by molar-refractivity contribution is 1.11. The average Bonchev–Trinajstić information content (AvgIpc) is 3.24. The number of benzene rings is 2. The maximum absolute atomic E-state index is 4.64. The van der Waals surface area contributed by atoms with Crippen molar-refractivity contribution < 1.29 is 0 Å². The molecular weight excluding hydrogens is 310 g/mol. The maximum atomic E-state index is 4.64. The number of aromatic amines is 2. The molecular formula is C20H15N5. The summed E-state index contributed by atoms with van der Waals surface area (Å²) in [7, 11) is 0. The fraction of sp³-hybridized carbons (Fsp3) is 0.0500. The van der Waals surface area contributed by atoms with E-state index in [2.05, 4.69) is 74.5 Å². The van der Waals surface area contributed by atoms with Crippen LogP contribution in [0.3, 0.4) is 0 Å². The first kappa shape index (κ1) is 13.9. The van der Waals surface area contributed by atoms with Crippen LogP contribution < -0.4 is 0 Å². The number of rotatable bonds is 2. The molecule has 0 amide bonds. The van der Waals surface area contributed by atoms with Gasteiger partial charge >= 0.3 is 0 Å². The first-order valence-electron chi connectivity index (χ1n) is 8.13. The number of imidazole rings is 1. The number of aromatic nitrogens is 5. The molecule has 5 aromatic rings. The molecule has 0 radical (unpaired) electrons. The molecule has 2 aromatic carbocycles. The molecule has 5 nitrogen and oxygen atoms in total. The Morgan fingerprint density at radius 1 is 0.920 bits per heavy atom. The first-order chi connectivity index (χ1) is 12.3. The lowest BCUT2D eigenvalue weighted by Crippen LogP contribution is -1.83. The van der Waals surface area contributed by atoms with E-state index in [0.29, 0.717) is 0 Å². The van der Waals surface area contributed by atoms with Gasteiger partial charge in [0.1, 0.15) is 5.69 Å². The van der Waals surface area contributed by atoms with E-state index >= 15 is 0 Å².